The molecule has 0 unspecified atom stereocenters. The Labute approximate surface area is 171 Å². The predicted molar refractivity (Wildman–Crippen MR) is 116 cm³/mol. The summed E-state index contributed by atoms with van der Waals surface area (Å²) >= 11 is 0. The highest BCUT2D eigenvalue weighted by Gasteiger charge is 2.17. The zero-order chi connectivity index (χ0) is 19.8. The standard InChI is InChI=1S/C25H24N4/c1-17-10-12-20(13-11-17)24-16-29(28-27-24)15-22-14-21-8-5-7-19-6-3-4-9-23(19)25(21)26-18(22)2/h3-4,6,9-14,16H,5,7-8,15H2,1-2H3. The third kappa shape index (κ3) is 3.46. The number of benzene rings is 2. The summed E-state index contributed by atoms with van der Waals surface area (Å²) < 4.78 is 1.91. The second-order valence-electron chi connectivity index (χ2n) is 7.92. The van der Waals surface area contributed by atoms with Crippen LogP contribution in [0.15, 0.2) is 60.8 Å². The van der Waals surface area contributed by atoms with E-state index in [4.69, 9.17) is 4.98 Å². The van der Waals surface area contributed by atoms with Crippen molar-refractivity contribution in [2.24, 2.45) is 0 Å². The molecule has 29 heavy (non-hydrogen) atoms. The summed E-state index contributed by atoms with van der Waals surface area (Å²) in [6.07, 6.45) is 5.36. The molecule has 1 aliphatic rings. The van der Waals surface area contributed by atoms with E-state index in [1.54, 1.807) is 0 Å². The first-order chi connectivity index (χ1) is 14.2. The van der Waals surface area contributed by atoms with Gasteiger partial charge in [-0.1, -0.05) is 59.3 Å². The molecule has 0 spiro atoms. The van der Waals surface area contributed by atoms with E-state index in [2.05, 4.69) is 78.8 Å². The Kier molecular flexibility index (Phi) is 4.47. The lowest BCUT2D eigenvalue weighted by Crippen LogP contribution is -2.06. The van der Waals surface area contributed by atoms with Gasteiger partial charge in [-0.2, -0.15) is 0 Å². The molecule has 0 bridgehead atoms. The molecular formula is C25H24N4. The zero-order valence-electron chi connectivity index (χ0n) is 16.9. The average Bonchev–Trinajstić information content (AvgIpc) is 3.12. The van der Waals surface area contributed by atoms with E-state index < -0.39 is 0 Å². The molecule has 0 aliphatic heterocycles. The van der Waals surface area contributed by atoms with Crippen molar-refractivity contribution in [3.63, 3.8) is 0 Å². The third-order valence-corrected chi connectivity index (χ3v) is 5.78. The lowest BCUT2D eigenvalue weighted by molar-refractivity contribution is 0.644. The Morgan fingerprint density at radius 2 is 1.72 bits per heavy atom. The lowest BCUT2D eigenvalue weighted by Gasteiger charge is -2.13. The fraction of sp³-hybridized carbons (Fsp3) is 0.240. The first-order valence-corrected chi connectivity index (χ1v) is 10.2. The summed E-state index contributed by atoms with van der Waals surface area (Å²) in [5, 5.41) is 8.72. The van der Waals surface area contributed by atoms with Gasteiger partial charge in [-0.3, -0.25) is 4.98 Å². The first kappa shape index (κ1) is 17.8. The van der Waals surface area contributed by atoms with Crippen molar-refractivity contribution in [3.8, 4) is 22.5 Å². The van der Waals surface area contributed by atoms with Gasteiger partial charge < -0.3 is 0 Å². The second kappa shape index (κ2) is 7.28. The van der Waals surface area contributed by atoms with Gasteiger partial charge in [0.1, 0.15) is 5.69 Å². The van der Waals surface area contributed by atoms with Crippen LogP contribution < -0.4 is 0 Å². The maximum absolute atomic E-state index is 5.02. The van der Waals surface area contributed by atoms with Gasteiger partial charge in [0.25, 0.3) is 0 Å². The first-order valence-electron chi connectivity index (χ1n) is 10.2. The van der Waals surface area contributed by atoms with Gasteiger partial charge in [-0.15, -0.1) is 5.10 Å². The fourth-order valence-corrected chi connectivity index (χ4v) is 4.12. The van der Waals surface area contributed by atoms with Crippen LogP contribution in [0.2, 0.25) is 0 Å². The Morgan fingerprint density at radius 1 is 0.931 bits per heavy atom. The molecule has 4 heteroatoms. The van der Waals surface area contributed by atoms with Crippen LogP contribution in [-0.2, 0) is 19.4 Å². The number of aryl methyl sites for hydroxylation is 4. The molecular weight excluding hydrogens is 356 g/mol. The number of rotatable bonds is 3. The van der Waals surface area contributed by atoms with E-state index in [-0.39, 0.29) is 0 Å². The predicted octanol–water partition coefficient (Wildman–Crippen LogP) is 5.16. The van der Waals surface area contributed by atoms with Gasteiger partial charge in [0.15, 0.2) is 0 Å². The molecule has 0 radical (unpaired) electrons. The van der Waals surface area contributed by atoms with Gasteiger partial charge in [-0.25, -0.2) is 4.68 Å². The molecule has 0 N–H and O–H groups in total. The molecule has 4 nitrogen and oxygen atoms in total. The van der Waals surface area contributed by atoms with Crippen LogP contribution in [0.4, 0.5) is 0 Å². The van der Waals surface area contributed by atoms with Gasteiger partial charge in [0, 0.05) is 16.8 Å². The monoisotopic (exact) mass is 380 g/mol. The highest BCUT2D eigenvalue weighted by molar-refractivity contribution is 5.68. The molecule has 0 amide bonds. The maximum Gasteiger partial charge on any atom is 0.113 e. The van der Waals surface area contributed by atoms with Crippen LogP contribution >= 0.6 is 0 Å². The van der Waals surface area contributed by atoms with Crippen molar-refractivity contribution in [2.45, 2.75) is 39.7 Å². The van der Waals surface area contributed by atoms with Crippen molar-refractivity contribution in [2.75, 3.05) is 0 Å². The highest BCUT2D eigenvalue weighted by atomic mass is 15.4. The molecule has 144 valence electrons. The van der Waals surface area contributed by atoms with Crippen LogP contribution in [0.1, 0.15) is 34.4 Å². The minimum atomic E-state index is 0.687. The van der Waals surface area contributed by atoms with Crippen molar-refractivity contribution in [1.82, 2.24) is 20.0 Å². The average molecular weight is 380 g/mol. The molecule has 0 fully saturated rings. The van der Waals surface area contributed by atoms with Gasteiger partial charge in [0.05, 0.1) is 18.4 Å². The Hall–Kier alpha value is -3.27. The van der Waals surface area contributed by atoms with Crippen molar-refractivity contribution < 1.29 is 0 Å². The molecule has 0 atom stereocenters. The van der Waals surface area contributed by atoms with Gasteiger partial charge in [-0.05, 0) is 55.9 Å². The SMILES string of the molecule is Cc1ccc(-c2cn(Cc3cc4c(nc3C)-c3ccccc3CCC4)nn2)cc1. The minimum absolute atomic E-state index is 0.687. The largest absolute Gasteiger partial charge is 0.252 e. The lowest BCUT2D eigenvalue weighted by atomic mass is 10.00. The highest BCUT2D eigenvalue weighted by Crippen LogP contribution is 2.32. The molecule has 0 saturated heterocycles. The molecule has 2 aromatic heterocycles. The summed E-state index contributed by atoms with van der Waals surface area (Å²) in [5.41, 5.74) is 10.7. The topological polar surface area (TPSA) is 43.6 Å². The number of nitrogens with zero attached hydrogens (tertiary/aromatic N) is 4. The number of hydrogen-bond donors (Lipinski definition) is 0. The Balaban J connectivity index is 1.46. The zero-order valence-corrected chi connectivity index (χ0v) is 16.9. The van der Waals surface area contributed by atoms with Crippen molar-refractivity contribution >= 4 is 0 Å². The summed E-state index contributed by atoms with van der Waals surface area (Å²) in [5.74, 6) is 0. The summed E-state index contributed by atoms with van der Waals surface area (Å²) in [6, 6.07) is 19.4. The molecule has 4 aromatic rings. The van der Waals surface area contributed by atoms with Crippen LogP contribution in [0.3, 0.4) is 0 Å². The van der Waals surface area contributed by atoms with E-state index >= 15 is 0 Å². The van der Waals surface area contributed by atoms with Crippen LogP contribution in [0.25, 0.3) is 22.5 Å². The fourth-order valence-electron chi connectivity index (χ4n) is 4.12. The van der Waals surface area contributed by atoms with E-state index in [0.29, 0.717) is 6.54 Å². The summed E-state index contributed by atoms with van der Waals surface area (Å²) in [7, 11) is 0. The molecule has 2 aromatic carbocycles. The molecule has 2 heterocycles. The number of fused-ring (bicyclic) bond motifs is 3. The van der Waals surface area contributed by atoms with Gasteiger partial charge >= 0.3 is 0 Å². The molecule has 5 rings (SSSR count). The van der Waals surface area contributed by atoms with Crippen molar-refractivity contribution in [3.05, 3.63) is 88.7 Å². The van der Waals surface area contributed by atoms with E-state index in [1.165, 1.54) is 27.8 Å². The molecule has 1 aliphatic carbocycles. The minimum Gasteiger partial charge on any atom is -0.252 e. The number of hydrogen-bond acceptors (Lipinski definition) is 3. The summed E-state index contributed by atoms with van der Waals surface area (Å²) in [4.78, 5) is 5.02. The van der Waals surface area contributed by atoms with Crippen LogP contribution in [-0.4, -0.2) is 20.0 Å². The van der Waals surface area contributed by atoms with E-state index in [9.17, 15) is 0 Å². The second-order valence-corrected chi connectivity index (χ2v) is 7.92. The normalized spacial score (nSPS) is 12.9. The smallest absolute Gasteiger partial charge is 0.113 e. The van der Waals surface area contributed by atoms with Crippen LogP contribution in [0, 0.1) is 13.8 Å². The number of aromatic nitrogens is 4. The van der Waals surface area contributed by atoms with Gasteiger partial charge in [0.2, 0.25) is 0 Å². The van der Waals surface area contributed by atoms with Crippen molar-refractivity contribution in [1.29, 1.82) is 0 Å². The van der Waals surface area contributed by atoms with Crippen LogP contribution in [0.5, 0.6) is 0 Å². The Bertz CT molecular complexity index is 1170. The summed E-state index contributed by atoms with van der Waals surface area (Å²) in [6.45, 7) is 4.88. The molecule has 0 saturated carbocycles. The third-order valence-electron chi connectivity index (χ3n) is 5.78. The maximum atomic E-state index is 5.02. The quantitative estimate of drug-likeness (QED) is 0.493. The number of pyridine rings is 1. The Morgan fingerprint density at radius 3 is 2.59 bits per heavy atom. The van der Waals surface area contributed by atoms with E-state index in [0.717, 1.165) is 41.9 Å². The van der Waals surface area contributed by atoms with E-state index in [1.807, 2.05) is 10.9 Å².